The summed E-state index contributed by atoms with van der Waals surface area (Å²) in [5, 5.41) is 2.64. The monoisotopic (exact) mass is 309 g/mol. The average Bonchev–Trinajstić information content (AvgIpc) is 2.41. The van der Waals surface area contributed by atoms with E-state index in [1.807, 2.05) is 0 Å². The topological polar surface area (TPSA) is 38.3 Å². The van der Waals surface area contributed by atoms with Crippen LogP contribution in [0.3, 0.4) is 0 Å². The minimum absolute atomic E-state index is 0.184. The van der Waals surface area contributed by atoms with E-state index >= 15 is 0 Å². The van der Waals surface area contributed by atoms with Gasteiger partial charge in [-0.05, 0) is 55.0 Å². The summed E-state index contributed by atoms with van der Waals surface area (Å²) in [7, 11) is 0. The van der Waals surface area contributed by atoms with Crippen LogP contribution in [0.1, 0.15) is 18.1 Å². The Labute approximate surface area is 125 Å². The van der Waals surface area contributed by atoms with E-state index in [0.717, 1.165) is 17.7 Å². The molecule has 0 saturated heterocycles. The molecule has 22 heavy (non-hydrogen) atoms. The van der Waals surface area contributed by atoms with Crippen LogP contribution < -0.4 is 10.1 Å². The molecule has 0 aliphatic heterocycles. The molecule has 6 heteroatoms. The molecule has 0 unspecified atom stereocenters. The van der Waals surface area contributed by atoms with Crippen LogP contribution in [-0.2, 0) is 11.0 Å². The zero-order chi connectivity index (χ0) is 16.3. The molecule has 2 rings (SSSR count). The van der Waals surface area contributed by atoms with Crippen molar-refractivity contribution in [2.24, 2.45) is 0 Å². The first-order valence-corrected chi connectivity index (χ1v) is 6.49. The van der Waals surface area contributed by atoms with Crippen molar-refractivity contribution in [1.82, 2.24) is 0 Å². The second-order valence-electron chi connectivity index (χ2n) is 4.79. The first-order chi connectivity index (χ1) is 10.3. The lowest BCUT2D eigenvalue weighted by Gasteiger charge is -2.12. The molecule has 0 aromatic heterocycles. The molecule has 116 valence electrons. The van der Waals surface area contributed by atoms with Gasteiger partial charge in [0, 0.05) is 12.6 Å². The van der Waals surface area contributed by atoms with Gasteiger partial charge in [-0.15, -0.1) is 0 Å². The second-order valence-corrected chi connectivity index (χ2v) is 4.79. The fraction of sp³-hybridized carbons (Fsp3) is 0.188. The SMILES string of the molecule is CC(=O)Nc1ccc(Oc2ccc(C(F)(F)F)cc2)c(C)c1. The molecule has 0 fully saturated rings. The summed E-state index contributed by atoms with van der Waals surface area (Å²) in [4.78, 5) is 11.0. The molecule has 1 amide bonds. The van der Waals surface area contributed by atoms with Gasteiger partial charge in [0.05, 0.1) is 5.56 Å². The summed E-state index contributed by atoms with van der Waals surface area (Å²) in [5.74, 6) is 0.632. The lowest BCUT2D eigenvalue weighted by molar-refractivity contribution is -0.137. The van der Waals surface area contributed by atoms with E-state index in [2.05, 4.69) is 5.32 Å². The number of carbonyl (C=O) groups is 1. The van der Waals surface area contributed by atoms with Gasteiger partial charge in [0.15, 0.2) is 0 Å². The maximum atomic E-state index is 12.5. The zero-order valence-electron chi connectivity index (χ0n) is 12.0. The maximum Gasteiger partial charge on any atom is 0.416 e. The number of hydrogen-bond donors (Lipinski definition) is 1. The number of nitrogens with one attached hydrogen (secondary N) is 1. The van der Waals surface area contributed by atoms with Crippen LogP contribution >= 0.6 is 0 Å². The minimum Gasteiger partial charge on any atom is -0.457 e. The number of rotatable bonds is 3. The number of ether oxygens (including phenoxy) is 1. The number of carbonyl (C=O) groups excluding carboxylic acids is 1. The summed E-state index contributed by atoms with van der Waals surface area (Å²) in [6, 6.07) is 9.51. The van der Waals surface area contributed by atoms with Crippen molar-refractivity contribution in [3.63, 3.8) is 0 Å². The highest BCUT2D eigenvalue weighted by Gasteiger charge is 2.30. The highest BCUT2D eigenvalue weighted by atomic mass is 19.4. The van der Waals surface area contributed by atoms with E-state index in [0.29, 0.717) is 17.2 Å². The van der Waals surface area contributed by atoms with Crippen LogP contribution in [0.25, 0.3) is 0 Å². The third kappa shape index (κ3) is 4.00. The number of anilines is 1. The highest BCUT2D eigenvalue weighted by molar-refractivity contribution is 5.88. The van der Waals surface area contributed by atoms with Crippen LogP contribution in [0.15, 0.2) is 42.5 Å². The predicted octanol–water partition coefficient (Wildman–Crippen LogP) is 4.76. The van der Waals surface area contributed by atoms with Crippen molar-refractivity contribution in [2.75, 3.05) is 5.32 Å². The first-order valence-electron chi connectivity index (χ1n) is 6.49. The Morgan fingerprint density at radius 3 is 2.23 bits per heavy atom. The number of benzene rings is 2. The van der Waals surface area contributed by atoms with Gasteiger partial charge >= 0.3 is 6.18 Å². The molecule has 0 aliphatic rings. The minimum atomic E-state index is -4.37. The molecule has 0 spiro atoms. The molecular weight excluding hydrogens is 295 g/mol. The fourth-order valence-corrected chi connectivity index (χ4v) is 1.88. The van der Waals surface area contributed by atoms with Gasteiger partial charge in [-0.2, -0.15) is 13.2 Å². The quantitative estimate of drug-likeness (QED) is 0.887. The molecule has 0 aliphatic carbocycles. The molecule has 0 heterocycles. The number of aryl methyl sites for hydroxylation is 1. The van der Waals surface area contributed by atoms with E-state index in [4.69, 9.17) is 4.74 Å². The second kappa shape index (κ2) is 6.09. The van der Waals surface area contributed by atoms with Crippen LogP contribution in [0.2, 0.25) is 0 Å². The fourth-order valence-electron chi connectivity index (χ4n) is 1.88. The van der Waals surface area contributed by atoms with Crippen LogP contribution in [0.4, 0.5) is 18.9 Å². The Kier molecular flexibility index (Phi) is 4.40. The summed E-state index contributed by atoms with van der Waals surface area (Å²) >= 11 is 0. The lowest BCUT2D eigenvalue weighted by atomic mass is 10.2. The van der Waals surface area contributed by atoms with Crippen LogP contribution in [-0.4, -0.2) is 5.91 Å². The van der Waals surface area contributed by atoms with Crippen LogP contribution in [0, 0.1) is 6.92 Å². The Morgan fingerprint density at radius 2 is 1.73 bits per heavy atom. The van der Waals surface area contributed by atoms with Crippen molar-refractivity contribution >= 4 is 11.6 Å². The predicted molar refractivity (Wildman–Crippen MR) is 77.0 cm³/mol. The van der Waals surface area contributed by atoms with Crippen molar-refractivity contribution < 1.29 is 22.7 Å². The van der Waals surface area contributed by atoms with Gasteiger partial charge in [-0.3, -0.25) is 4.79 Å². The Morgan fingerprint density at radius 1 is 1.09 bits per heavy atom. The molecule has 2 aromatic carbocycles. The van der Waals surface area contributed by atoms with E-state index in [-0.39, 0.29) is 5.91 Å². The Hall–Kier alpha value is -2.50. The average molecular weight is 309 g/mol. The Balaban J connectivity index is 2.15. The number of hydrogen-bond acceptors (Lipinski definition) is 2. The Bertz CT molecular complexity index is 679. The van der Waals surface area contributed by atoms with Crippen LogP contribution in [0.5, 0.6) is 11.5 Å². The number of alkyl halides is 3. The molecule has 0 atom stereocenters. The third-order valence-electron chi connectivity index (χ3n) is 2.90. The molecule has 1 N–H and O–H groups in total. The zero-order valence-corrected chi connectivity index (χ0v) is 12.0. The van der Waals surface area contributed by atoms with Gasteiger partial charge in [0.25, 0.3) is 0 Å². The van der Waals surface area contributed by atoms with E-state index < -0.39 is 11.7 Å². The standard InChI is InChI=1S/C16H14F3NO2/c1-10-9-13(20-11(2)21)5-8-15(10)22-14-6-3-12(4-7-14)16(17,18)19/h3-9H,1-2H3,(H,20,21). The normalized spacial score (nSPS) is 11.1. The summed E-state index contributed by atoms with van der Waals surface area (Å²) in [5.41, 5.74) is 0.661. The van der Waals surface area contributed by atoms with Crippen molar-refractivity contribution in [2.45, 2.75) is 20.0 Å². The number of amides is 1. The van der Waals surface area contributed by atoms with Gasteiger partial charge in [0.1, 0.15) is 11.5 Å². The molecule has 0 bridgehead atoms. The van der Waals surface area contributed by atoms with Gasteiger partial charge in [-0.1, -0.05) is 0 Å². The largest absolute Gasteiger partial charge is 0.457 e. The maximum absolute atomic E-state index is 12.5. The van der Waals surface area contributed by atoms with Gasteiger partial charge in [-0.25, -0.2) is 0 Å². The summed E-state index contributed by atoms with van der Waals surface area (Å²) in [6.45, 7) is 3.19. The molecular formula is C16H14F3NO2. The molecule has 0 saturated carbocycles. The van der Waals surface area contributed by atoms with Gasteiger partial charge < -0.3 is 10.1 Å². The lowest BCUT2D eigenvalue weighted by Crippen LogP contribution is -2.05. The van der Waals surface area contributed by atoms with Gasteiger partial charge in [0.2, 0.25) is 5.91 Å². The number of halogens is 3. The van der Waals surface area contributed by atoms with Crippen molar-refractivity contribution in [3.05, 3.63) is 53.6 Å². The van der Waals surface area contributed by atoms with E-state index in [9.17, 15) is 18.0 Å². The molecule has 0 radical (unpaired) electrons. The molecule has 2 aromatic rings. The molecule has 3 nitrogen and oxygen atoms in total. The smallest absolute Gasteiger partial charge is 0.416 e. The highest BCUT2D eigenvalue weighted by Crippen LogP contribution is 2.32. The first kappa shape index (κ1) is 15.9. The third-order valence-corrected chi connectivity index (χ3v) is 2.90. The van der Waals surface area contributed by atoms with Crippen molar-refractivity contribution in [3.8, 4) is 11.5 Å². The summed E-state index contributed by atoms with van der Waals surface area (Å²) in [6.07, 6.45) is -4.37. The van der Waals surface area contributed by atoms with Crippen molar-refractivity contribution in [1.29, 1.82) is 0 Å². The summed E-state index contributed by atoms with van der Waals surface area (Å²) < 4.78 is 43.0. The van der Waals surface area contributed by atoms with E-state index in [1.165, 1.54) is 19.1 Å². The van der Waals surface area contributed by atoms with E-state index in [1.54, 1.807) is 25.1 Å².